The normalized spacial score (nSPS) is 18.6. The van der Waals surface area contributed by atoms with Gasteiger partial charge in [-0.3, -0.25) is 9.69 Å². The number of nitrogens with one attached hydrogen (secondary N) is 2. The van der Waals surface area contributed by atoms with E-state index in [1.165, 1.54) is 50.3 Å². The number of fused-ring (bicyclic) bond motifs is 1. The van der Waals surface area contributed by atoms with Crippen LogP contribution in [0.2, 0.25) is 0 Å². The Morgan fingerprint density at radius 2 is 1.79 bits per heavy atom. The highest BCUT2D eigenvalue weighted by Gasteiger charge is 2.28. The minimum absolute atomic E-state index is 0.173. The molecular formula is C32H40BrN7O2. The molecule has 0 radical (unpaired) electrons. The monoisotopic (exact) mass is 633 g/mol. The maximum absolute atomic E-state index is 12.7. The maximum atomic E-state index is 12.7. The number of ketones is 1. The smallest absolute Gasteiger partial charge is 0.229 e. The van der Waals surface area contributed by atoms with Crippen molar-refractivity contribution in [3.63, 3.8) is 0 Å². The molecule has 222 valence electrons. The molecule has 2 saturated heterocycles. The summed E-state index contributed by atoms with van der Waals surface area (Å²) in [6.45, 7) is 8.92. The first kappa shape index (κ1) is 28.9. The van der Waals surface area contributed by atoms with Crippen molar-refractivity contribution in [3.05, 3.63) is 57.7 Å². The molecule has 2 aromatic carbocycles. The number of likely N-dealkylation sites (N-methyl/N-ethyl adjacent to an activating group) is 1. The summed E-state index contributed by atoms with van der Waals surface area (Å²) in [5, 5.41) is 6.74. The second-order valence-corrected chi connectivity index (χ2v) is 12.5. The zero-order valence-electron chi connectivity index (χ0n) is 24.8. The molecule has 0 amide bonds. The Hall–Kier alpha value is -3.21. The Labute approximate surface area is 256 Å². The quantitative estimate of drug-likeness (QED) is 0.336. The van der Waals surface area contributed by atoms with E-state index < -0.39 is 0 Å². The van der Waals surface area contributed by atoms with Crippen molar-refractivity contribution in [1.82, 2.24) is 19.8 Å². The van der Waals surface area contributed by atoms with Gasteiger partial charge in [-0.05, 0) is 78.8 Å². The summed E-state index contributed by atoms with van der Waals surface area (Å²) in [5.74, 6) is 1.96. The van der Waals surface area contributed by atoms with Gasteiger partial charge in [-0.15, -0.1) is 0 Å². The number of piperazine rings is 1. The fraction of sp³-hybridized carbons (Fsp3) is 0.469. The second-order valence-electron chi connectivity index (χ2n) is 11.7. The van der Waals surface area contributed by atoms with Crippen LogP contribution in [-0.2, 0) is 6.42 Å². The molecule has 0 atom stereocenters. The van der Waals surface area contributed by atoms with Crippen molar-refractivity contribution in [2.45, 2.75) is 45.1 Å². The largest absolute Gasteiger partial charge is 0.494 e. The summed E-state index contributed by atoms with van der Waals surface area (Å²) < 4.78 is 6.55. The number of rotatable bonds is 7. The van der Waals surface area contributed by atoms with E-state index in [9.17, 15) is 4.79 Å². The molecule has 0 spiro atoms. The predicted octanol–water partition coefficient (Wildman–Crippen LogP) is 5.78. The van der Waals surface area contributed by atoms with Gasteiger partial charge in [0.25, 0.3) is 0 Å². The maximum Gasteiger partial charge on any atom is 0.229 e. The highest BCUT2D eigenvalue weighted by atomic mass is 79.9. The zero-order chi connectivity index (χ0) is 29.2. The molecule has 10 heteroatoms. The highest BCUT2D eigenvalue weighted by Crippen LogP contribution is 2.37. The van der Waals surface area contributed by atoms with Gasteiger partial charge in [0.2, 0.25) is 5.95 Å². The molecular weight excluding hydrogens is 594 g/mol. The molecule has 2 N–H and O–H groups in total. The number of carbonyl (C=O) groups is 1. The molecule has 0 bridgehead atoms. The van der Waals surface area contributed by atoms with Crippen LogP contribution in [0, 0.1) is 6.92 Å². The van der Waals surface area contributed by atoms with Crippen molar-refractivity contribution in [2.24, 2.45) is 0 Å². The number of Topliss-reactive ketones (excluding diaryl/α,β-unsaturated/α-hetero) is 1. The number of halogens is 1. The van der Waals surface area contributed by atoms with E-state index in [2.05, 4.69) is 72.4 Å². The second kappa shape index (κ2) is 12.6. The van der Waals surface area contributed by atoms with E-state index in [0.29, 0.717) is 28.7 Å². The molecule has 1 aliphatic carbocycles. The van der Waals surface area contributed by atoms with Gasteiger partial charge in [0.15, 0.2) is 5.78 Å². The molecule has 0 saturated carbocycles. The van der Waals surface area contributed by atoms with E-state index in [1.54, 1.807) is 13.3 Å². The van der Waals surface area contributed by atoms with Gasteiger partial charge in [-0.25, -0.2) is 4.98 Å². The Bertz CT molecular complexity index is 1450. The summed E-state index contributed by atoms with van der Waals surface area (Å²) in [4.78, 5) is 29.6. The lowest BCUT2D eigenvalue weighted by Crippen LogP contribution is -2.52. The number of carbonyl (C=O) groups excluding carboxylic acids is 1. The predicted molar refractivity (Wildman–Crippen MR) is 172 cm³/mol. The standard InChI is InChI=1S/C32H40BrN7O2/c1-21-18-26(29(42-3)19-27(21)40-12-10-23(11-13-40)39-16-14-38(2)15-17-39)36-32-34-20-24(33)31(37-32)35-25-8-4-6-22-7-5-9-28(41)30(22)25/h4,6,8,18-20,23H,5,7,9-17H2,1-3H3,(H2,34,35,36,37). The number of methoxy groups -OCH3 is 1. The van der Waals surface area contributed by atoms with Gasteiger partial charge in [-0.2, -0.15) is 4.98 Å². The number of hydrogen-bond acceptors (Lipinski definition) is 9. The van der Waals surface area contributed by atoms with Crippen molar-refractivity contribution in [1.29, 1.82) is 0 Å². The number of aromatic nitrogens is 2. The lowest BCUT2D eigenvalue weighted by molar-refractivity contribution is 0.0973. The Kier molecular flexibility index (Phi) is 8.65. The molecule has 3 aliphatic rings. The van der Waals surface area contributed by atoms with E-state index in [1.807, 2.05) is 18.2 Å². The first-order valence-corrected chi connectivity index (χ1v) is 15.8. The summed E-state index contributed by atoms with van der Waals surface area (Å²) >= 11 is 3.57. The Balaban J connectivity index is 1.17. The lowest BCUT2D eigenvalue weighted by atomic mass is 9.89. The number of ether oxygens (including phenoxy) is 1. The van der Waals surface area contributed by atoms with Gasteiger partial charge in [0.1, 0.15) is 11.6 Å². The first-order valence-electron chi connectivity index (χ1n) is 15.0. The summed E-state index contributed by atoms with van der Waals surface area (Å²) in [7, 11) is 3.91. The number of hydrogen-bond donors (Lipinski definition) is 2. The summed E-state index contributed by atoms with van der Waals surface area (Å²) in [6, 6.07) is 10.9. The van der Waals surface area contributed by atoms with Crippen LogP contribution in [0.15, 0.2) is 41.0 Å². The zero-order valence-corrected chi connectivity index (χ0v) is 26.3. The third-order valence-corrected chi connectivity index (χ3v) is 9.48. The SMILES string of the molecule is COc1cc(N2CCC(N3CCN(C)CC3)CC2)c(C)cc1Nc1ncc(Br)c(Nc2cccc3c2C(=O)CCC3)n1. The molecule has 1 aromatic heterocycles. The first-order chi connectivity index (χ1) is 20.4. The fourth-order valence-corrected chi connectivity index (χ4v) is 6.80. The molecule has 9 nitrogen and oxygen atoms in total. The van der Waals surface area contributed by atoms with Crippen LogP contribution in [0.25, 0.3) is 0 Å². The molecule has 2 fully saturated rings. The van der Waals surface area contributed by atoms with E-state index >= 15 is 0 Å². The van der Waals surface area contributed by atoms with E-state index in [0.717, 1.165) is 54.2 Å². The minimum Gasteiger partial charge on any atom is -0.494 e. The summed E-state index contributed by atoms with van der Waals surface area (Å²) in [5.41, 5.74) is 5.84. The van der Waals surface area contributed by atoms with Crippen LogP contribution in [0.5, 0.6) is 5.75 Å². The van der Waals surface area contributed by atoms with Gasteiger partial charge in [-0.1, -0.05) is 12.1 Å². The van der Waals surface area contributed by atoms with Crippen LogP contribution in [0.3, 0.4) is 0 Å². The number of anilines is 5. The topological polar surface area (TPSA) is 85.9 Å². The van der Waals surface area contributed by atoms with Gasteiger partial charge in [0.05, 0.1) is 23.0 Å². The van der Waals surface area contributed by atoms with Crippen molar-refractivity contribution >= 4 is 50.5 Å². The van der Waals surface area contributed by atoms with Crippen LogP contribution in [0.1, 0.15) is 47.2 Å². The number of nitrogens with zero attached hydrogens (tertiary/aromatic N) is 5. The number of benzene rings is 2. The van der Waals surface area contributed by atoms with Crippen LogP contribution < -0.4 is 20.3 Å². The third-order valence-electron chi connectivity index (χ3n) is 8.90. The van der Waals surface area contributed by atoms with Crippen LogP contribution >= 0.6 is 15.9 Å². The Morgan fingerprint density at radius 1 is 1.00 bits per heavy atom. The molecule has 42 heavy (non-hydrogen) atoms. The Morgan fingerprint density at radius 3 is 2.55 bits per heavy atom. The van der Waals surface area contributed by atoms with Gasteiger partial charge in [0, 0.05) is 75.2 Å². The van der Waals surface area contributed by atoms with Crippen molar-refractivity contribution < 1.29 is 9.53 Å². The minimum atomic E-state index is 0.173. The van der Waals surface area contributed by atoms with E-state index in [-0.39, 0.29) is 5.78 Å². The van der Waals surface area contributed by atoms with Crippen LogP contribution in [0.4, 0.5) is 28.8 Å². The van der Waals surface area contributed by atoms with Crippen LogP contribution in [-0.4, -0.2) is 85.0 Å². The third kappa shape index (κ3) is 6.11. The molecule has 6 rings (SSSR count). The van der Waals surface area contributed by atoms with Crippen molar-refractivity contribution in [2.75, 3.05) is 69.0 Å². The van der Waals surface area contributed by atoms with E-state index in [4.69, 9.17) is 9.72 Å². The van der Waals surface area contributed by atoms with Gasteiger partial charge < -0.3 is 25.2 Å². The fourth-order valence-electron chi connectivity index (χ4n) is 6.51. The summed E-state index contributed by atoms with van der Waals surface area (Å²) in [6.07, 6.45) is 6.47. The molecule has 3 heterocycles. The van der Waals surface area contributed by atoms with Crippen molar-refractivity contribution in [3.8, 4) is 5.75 Å². The molecule has 3 aromatic rings. The average molecular weight is 635 g/mol. The highest BCUT2D eigenvalue weighted by molar-refractivity contribution is 9.10. The van der Waals surface area contributed by atoms with Gasteiger partial charge >= 0.3 is 0 Å². The lowest BCUT2D eigenvalue weighted by Gasteiger charge is -2.43. The number of aryl methyl sites for hydroxylation is 2. The molecule has 0 unspecified atom stereocenters. The number of piperidine rings is 1. The molecule has 2 aliphatic heterocycles. The average Bonchev–Trinajstić information content (AvgIpc) is 3.00.